The molecule has 82 valence electrons. The van der Waals surface area contributed by atoms with Crippen molar-refractivity contribution < 1.29 is 4.79 Å². The van der Waals surface area contributed by atoms with E-state index in [1.165, 1.54) is 0 Å². The lowest BCUT2D eigenvalue weighted by molar-refractivity contribution is 0.103. The zero-order valence-electron chi connectivity index (χ0n) is 9.07. The summed E-state index contributed by atoms with van der Waals surface area (Å²) in [5, 5.41) is 4.70. The lowest BCUT2D eigenvalue weighted by Gasteiger charge is -2.01. The highest BCUT2D eigenvalue weighted by atomic mass is 35.5. The van der Waals surface area contributed by atoms with Crippen LogP contribution in [0, 0.1) is 6.92 Å². The van der Waals surface area contributed by atoms with E-state index in [4.69, 9.17) is 11.6 Å². The maximum absolute atomic E-state index is 12.1. The SMILES string of the molecule is Cc1cc(C(=O)c2cccc(Cl)c2)n(C)n1. The molecule has 0 atom stereocenters. The second-order valence-electron chi connectivity index (χ2n) is 3.63. The first-order valence-electron chi connectivity index (χ1n) is 4.89. The van der Waals surface area contributed by atoms with E-state index in [1.54, 1.807) is 42.1 Å². The predicted octanol–water partition coefficient (Wildman–Crippen LogP) is 2.61. The molecule has 0 radical (unpaired) electrons. The maximum atomic E-state index is 12.1. The summed E-state index contributed by atoms with van der Waals surface area (Å²) in [6, 6.07) is 8.68. The van der Waals surface area contributed by atoms with Crippen molar-refractivity contribution in [3.05, 3.63) is 52.3 Å². The number of carbonyl (C=O) groups is 1. The summed E-state index contributed by atoms with van der Waals surface area (Å²) in [6.45, 7) is 1.86. The Labute approximate surface area is 98.7 Å². The van der Waals surface area contributed by atoms with Crippen molar-refractivity contribution in [1.29, 1.82) is 0 Å². The quantitative estimate of drug-likeness (QED) is 0.749. The van der Waals surface area contributed by atoms with E-state index in [-0.39, 0.29) is 5.78 Å². The third-order valence-corrected chi connectivity index (χ3v) is 2.56. The summed E-state index contributed by atoms with van der Waals surface area (Å²) in [6.07, 6.45) is 0. The van der Waals surface area contributed by atoms with Crippen molar-refractivity contribution >= 4 is 17.4 Å². The number of aryl methyl sites for hydroxylation is 2. The van der Waals surface area contributed by atoms with E-state index >= 15 is 0 Å². The van der Waals surface area contributed by atoms with Crippen molar-refractivity contribution in [2.45, 2.75) is 6.92 Å². The normalized spacial score (nSPS) is 10.4. The Balaban J connectivity index is 2.43. The fourth-order valence-corrected chi connectivity index (χ4v) is 1.79. The van der Waals surface area contributed by atoms with Crippen LogP contribution in [0.1, 0.15) is 21.7 Å². The van der Waals surface area contributed by atoms with E-state index < -0.39 is 0 Å². The number of nitrogens with zero attached hydrogens (tertiary/aromatic N) is 2. The number of halogens is 1. The van der Waals surface area contributed by atoms with Gasteiger partial charge in [0, 0.05) is 17.6 Å². The molecule has 0 amide bonds. The van der Waals surface area contributed by atoms with E-state index in [1.807, 2.05) is 6.92 Å². The Morgan fingerprint density at radius 3 is 2.69 bits per heavy atom. The molecule has 0 aliphatic carbocycles. The van der Waals surface area contributed by atoms with Crippen LogP contribution in [0.5, 0.6) is 0 Å². The van der Waals surface area contributed by atoms with Crippen LogP contribution in [0.2, 0.25) is 5.02 Å². The number of hydrogen-bond acceptors (Lipinski definition) is 2. The number of ketones is 1. The van der Waals surface area contributed by atoms with Crippen LogP contribution < -0.4 is 0 Å². The lowest BCUT2D eigenvalue weighted by Crippen LogP contribution is -2.07. The molecule has 2 rings (SSSR count). The summed E-state index contributed by atoms with van der Waals surface area (Å²) >= 11 is 5.85. The Morgan fingerprint density at radius 1 is 1.38 bits per heavy atom. The van der Waals surface area contributed by atoms with Crippen molar-refractivity contribution in [2.24, 2.45) is 7.05 Å². The second-order valence-corrected chi connectivity index (χ2v) is 4.07. The molecule has 2 aromatic rings. The molecule has 1 aromatic heterocycles. The van der Waals surface area contributed by atoms with Crippen LogP contribution in [0.15, 0.2) is 30.3 Å². The van der Waals surface area contributed by atoms with Gasteiger partial charge in [0.05, 0.1) is 5.69 Å². The van der Waals surface area contributed by atoms with Gasteiger partial charge < -0.3 is 0 Å². The Hall–Kier alpha value is -1.61. The number of benzene rings is 1. The van der Waals surface area contributed by atoms with Crippen LogP contribution in [-0.4, -0.2) is 15.6 Å². The zero-order chi connectivity index (χ0) is 11.7. The molecule has 1 aromatic carbocycles. The Kier molecular flexibility index (Phi) is 2.79. The molecule has 0 N–H and O–H groups in total. The molecule has 0 saturated carbocycles. The highest BCUT2D eigenvalue weighted by Gasteiger charge is 2.14. The molecule has 0 fully saturated rings. The molecule has 16 heavy (non-hydrogen) atoms. The largest absolute Gasteiger partial charge is 0.287 e. The van der Waals surface area contributed by atoms with E-state index in [0.717, 1.165) is 5.69 Å². The summed E-state index contributed by atoms with van der Waals surface area (Å²) in [7, 11) is 1.75. The summed E-state index contributed by atoms with van der Waals surface area (Å²) in [5.74, 6) is -0.0643. The van der Waals surface area contributed by atoms with Crippen LogP contribution in [0.25, 0.3) is 0 Å². The molecule has 0 aliphatic heterocycles. The lowest BCUT2D eigenvalue weighted by atomic mass is 10.1. The number of aromatic nitrogens is 2. The van der Waals surface area contributed by atoms with Crippen LogP contribution in [-0.2, 0) is 7.05 Å². The first-order chi connectivity index (χ1) is 7.58. The smallest absolute Gasteiger partial charge is 0.211 e. The van der Waals surface area contributed by atoms with Gasteiger partial charge in [0.2, 0.25) is 5.78 Å². The van der Waals surface area contributed by atoms with Gasteiger partial charge in [-0.3, -0.25) is 9.48 Å². The van der Waals surface area contributed by atoms with Crippen LogP contribution in [0.4, 0.5) is 0 Å². The van der Waals surface area contributed by atoms with Crippen LogP contribution in [0.3, 0.4) is 0 Å². The topological polar surface area (TPSA) is 34.9 Å². The van der Waals surface area contributed by atoms with Crippen molar-refractivity contribution in [2.75, 3.05) is 0 Å². The van der Waals surface area contributed by atoms with E-state index in [0.29, 0.717) is 16.3 Å². The molecule has 0 spiro atoms. The molecular weight excluding hydrogens is 224 g/mol. The summed E-state index contributed by atoms with van der Waals surface area (Å²) in [4.78, 5) is 12.1. The van der Waals surface area contributed by atoms with Gasteiger partial charge in [-0.1, -0.05) is 23.7 Å². The van der Waals surface area contributed by atoms with Gasteiger partial charge in [-0.05, 0) is 25.1 Å². The third-order valence-electron chi connectivity index (χ3n) is 2.32. The number of rotatable bonds is 2. The van der Waals surface area contributed by atoms with Crippen molar-refractivity contribution in [1.82, 2.24) is 9.78 Å². The van der Waals surface area contributed by atoms with Gasteiger partial charge >= 0.3 is 0 Å². The molecule has 0 saturated heterocycles. The van der Waals surface area contributed by atoms with Gasteiger partial charge in [-0.15, -0.1) is 0 Å². The monoisotopic (exact) mass is 234 g/mol. The second kappa shape index (κ2) is 4.10. The molecule has 0 bridgehead atoms. The predicted molar refractivity (Wildman–Crippen MR) is 62.8 cm³/mol. The minimum Gasteiger partial charge on any atom is -0.287 e. The fraction of sp³-hybridized carbons (Fsp3) is 0.167. The molecular formula is C12H11ClN2O. The highest BCUT2D eigenvalue weighted by Crippen LogP contribution is 2.15. The van der Waals surface area contributed by atoms with Crippen molar-refractivity contribution in [3.8, 4) is 0 Å². The highest BCUT2D eigenvalue weighted by molar-refractivity contribution is 6.31. The summed E-state index contributed by atoms with van der Waals surface area (Å²) in [5.41, 5.74) is 1.98. The molecule has 3 nitrogen and oxygen atoms in total. The zero-order valence-corrected chi connectivity index (χ0v) is 9.82. The average Bonchev–Trinajstić information content (AvgIpc) is 2.57. The number of hydrogen-bond donors (Lipinski definition) is 0. The van der Waals surface area contributed by atoms with Gasteiger partial charge in [0.25, 0.3) is 0 Å². The third kappa shape index (κ3) is 1.99. The van der Waals surface area contributed by atoms with Gasteiger partial charge in [0.15, 0.2) is 0 Å². The van der Waals surface area contributed by atoms with Gasteiger partial charge in [-0.25, -0.2) is 0 Å². The molecule has 0 unspecified atom stereocenters. The summed E-state index contributed by atoms with van der Waals surface area (Å²) < 4.78 is 1.58. The Morgan fingerprint density at radius 2 is 2.12 bits per heavy atom. The first-order valence-corrected chi connectivity index (χ1v) is 5.26. The molecule has 0 aliphatic rings. The standard InChI is InChI=1S/C12H11ClN2O/c1-8-6-11(15(2)14-8)12(16)9-4-3-5-10(13)7-9/h3-7H,1-2H3. The van der Waals surface area contributed by atoms with Crippen molar-refractivity contribution in [3.63, 3.8) is 0 Å². The fourth-order valence-electron chi connectivity index (χ4n) is 1.60. The van der Waals surface area contributed by atoms with Gasteiger partial charge in [-0.2, -0.15) is 5.10 Å². The van der Waals surface area contributed by atoms with Crippen LogP contribution >= 0.6 is 11.6 Å². The average molecular weight is 235 g/mol. The maximum Gasteiger partial charge on any atom is 0.211 e. The minimum absolute atomic E-state index is 0.0643. The van der Waals surface area contributed by atoms with E-state index in [9.17, 15) is 4.79 Å². The van der Waals surface area contributed by atoms with Gasteiger partial charge in [0.1, 0.15) is 5.69 Å². The Bertz CT molecular complexity index is 546. The minimum atomic E-state index is -0.0643. The number of carbonyl (C=O) groups excluding carboxylic acids is 1. The molecule has 4 heteroatoms. The first kappa shape index (κ1) is 10.9. The molecule has 1 heterocycles. The van der Waals surface area contributed by atoms with E-state index in [2.05, 4.69) is 5.10 Å².